The van der Waals surface area contributed by atoms with Gasteiger partial charge in [-0.3, -0.25) is 10.1 Å². The fraction of sp³-hybridized carbons (Fsp3) is 0.143. The number of alkyl halides is 3. The summed E-state index contributed by atoms with van der Waals surface area (Å²) < 4.78 is 49.1. The lowest BCUT2D eigenvalue weighted by atomic mass is 10.1. The molecule has 0 aliphatic carbocycles. The van der Waals surface area contributed by atoms with E-state index in [1.807, 2.05) is 0 Å². The molecular weight excluding hydrogens is 333 g/mol. The number of nitro groups is 1. The third-order valence-corrected chi connectivity index (χ3v) is 2.61. The van der Waals surface area contributed by atoms with Crippen LogP contribution in [-0.2, 0) is 6.18 Å². The molecule has 3 nitrogen and oxygen atoms in total. The Kier molecular flexibility index (Phi) is 3.16. The van der Waals surface area contributed by atoms with Crippen LogP contribution in [0.4, 0.5) is 23.2 Å². The Balaban J connectivity index is 3.57. The highest BCUT2D eigenvalue weighted by Crippen LogP contribution is 2.39. The summed E-state index contributed by atoms with van der Waals surface area (Å²) in [5.41, 5.74) is -2.69. The van der Waals surface area contributed by atoms with Crippen LogP contribution in [0, 0.1) is 19.5 Å². The second-order valence-corrected chi connectivity index (χ2v) is 3.59. The summed E-state index contributed by atoms with van der Waals surface area (Å²) in [5, 5.41) is 10.3. The van der Waals surface area contributed by atoms with Gasteiger partial charge in [-0.05, 0) is 28.7 Å². The summed E-state index contributed by atoms with van der Waals surface area (Å²) in [5.74, 6) is -1.13. The van der Waals surface area contributed by atoms with Crippen molar-refractivity contribution in [2.45, 2.75) is 6.18 Å². The molecule has 0 heterocycles. The molecule has 0 saturated carbocycles. The molecule has 0 fully saturated rings. The molecule has 0 atom stereocenters. The van der Waals surface area contributed by atoms with Crippen molar-refractivity contribution < 1.29 is 22.5 Å². The van der Waals surface area contributed by atoms with E-state index in [0.717, 1.165) is 22.6 Å². The smallest absolute Gasteiger partial charge is 0.258 e. The third kappa shape index (κ3) is 2.36. The van der Waals surface area contributed by atoms with Gasteiger partial charge in [0.1, 0.15) is 11.4 Å². The Hall–Kier alpha value is -0.930. The molecule has 0 spiro atoms. The molecule has 0 unspecified atom stereocenters. The summed E-state index contributed by atoms with van der Waals surface area (Å²) in [6.45, 7) is 0. The number of rotatable bonds is 1. The lowest BCUT2D eigenvalue weighted by Crippen LogP contribution is -2.12. The fourth-order valence-electron chi connectivity index (χ4n) is 0.962. The van der Waals surface area contributed by atoms with E-state index in [1.54, 1.807) is 0 Å². The van der Waals surface area contributed by atoms with E-state index in [2.05, 4.69) is 0 Å². The molecule has 0 amide bonds. The van der Waals surface area contributed by atoms with Gasteiger partial charge in [0.15, 0.2) is 0 Å². The van der Waals surface area contributed by atoms with Crippen molar-refractivity contribution in [2.75, 3.05) is 0 Å². The lowest BCUT2D eigenvalue weighted by Gasteiger charge is -2.09. The first kappa shape index (κ1) is 12.1. The molecule has 0 N–H and O–H groups in total. The standard InChI is InChI=1S/C7H2F4INO2/c8-3-1-2-4(13(14)15)5(6(3)12)7(9,10)11/h1-2H. The van der Waals surface area contributed by atoms with Gasteiger partial charge in [0, 0.05) is 6.07 Å². The van der Waals surface area contributed by atoms with Gasteiger partial charge >= 0.3 is 6.18 Å². The Labute approximate surface area is 94.4 Å². The topological polar surface area (TPSA) is 43.1 Å². The van der Waals surface area contributed by atoms with Crippen molar-refractivity contribution in [3.05, 3.63) is 37.2 Å². The normalized spacial score (nSPS) is 11.5. The number of hydrogen-bond acceptors (Lipinski definition) is 2. The summed E-state index contributed by atoms with van der Waals surface area (Å²) >= 11 is 1.09. The Morgan fingerprint density at radius 3 is 2.27 bits per heavy atom. The fourth-order valence-corrected chi connectivity index (χ4v) is 1.72. The highest BCUT2D eigenvalue weighted by atomic mass is 127. The quantitative estimate of drug-likeness (QED) is 0.342. The van der Waals surface area contributed by atoms with Gasteiger partial charge in [0.25, 0.3) is 5.69 Å². The number of halogens is 5. The zero-order chi connectivity index (χ0) is 11.8. The number of nitrogens with zero attached hydrogens (tertiary/aromatic N) is 1. The van der Waals surface area contributed by atoms with Crippen LogP contribution in [0.15, 0.2) is 12.1 Å². The Morgan fingerprint density at radius 1 is 1.33 bits per heavy atom. The van der Waals surface area contributed by atoms with Gasteiger partial charge in [-0.1, -0.05) is 0 Å². The van der Waals surface area contributed by atoms with E-state index < -0.39 is 31.7 Å². The zero-order valence-electron chi connectivity index (χ0n) is 6.81. The largest absolute Gasteiger partial charge is 0.424 e. The molecule has 0 aromatic heterocycles. The van der Waals surface area contributed by atoms with E-state index in [1.165, 1.54) is 0 Å². The van der Waals surface area contributed by atoms with Crippen LogP contribution in [0.1, 0.15) is 5.56 Å². The molecule has 0 bridgehead atoms. The van der Waals surface area contributed by atoms with Crippen molar-refractivity contribution in [1.82, 2.24) is 0 Å². The van der Waals surface area contributed by atoms with Crippen LogP contribution in [0.3, 0.4) is 0 Å². The molecule has 1 rings (SSSR count). The van der Waals surface area contributed by atoms with Crippen LogP contribution >= 0.6 is 22.6 Å². The predicted octanol–water partition coefficient (Wildman–Crippen LogP) is 3.36. The maximum absolute atomic E-state index is 12.8. The summed E-state index contributed by atoms with van der Waals surface area (Å²) in [4.78, 5) is 9.12. The number of hydrogen-bond donors (Lipinski definition) is 0. The van der Waals surface area contributed by atoms with Gasteiger partial charge in [-0.25, -0.2) is 4.39 Å². The Morgan fingerprint density at radius 2 is 1.87 bits per heavy atom. The maximum atomic E-state index is 12.8. The van der Waals surface area contributed by atoms with Crippen LogP contribution < -0.4 is 0 Å². The first-order valence-corrected chi connectivity index (χ1v) is 4.52. The van der Waals surface area contributed by atoms with Crippen molar-refractivity contribution in [2.24, 2.45) is 0 Å². The summed E-state index contributed by atoms with van der Waals surface area (Å²) in [6, 6.07) is 1.13. The summed E-state index contributed by atoms with van der Waals surface area (Å²) in [7, 11) is 0. The van der Waals surface area contributed by atoms with E-state index in [4.69, 9.17) is 0 Å². The van der Waals surface area contributed by atoms with Gasteiger partial charge < -0.3 is 0 Å². The monoisotopic (exact) mass is 335 g/mol. The molecule has 82 valence electrons. The van der Waals surface area contributed by atoms with Gasteiger partial charge in [-0.2, -0.15) is 13.2 Å². The second kappa shape index (κ2) is 3.91. The first-order chi connectivity index (χ1) is 6.75. The minimum atomic E-state index is -4.94. The van der Waals surface area contributed by atoms with Crippen molar-refractivity contribution in [3.8, 4) is 0 Å². The predicted molar refractivity (Wildman–Crippen MR) is 50.8 cm³/mol. The molecular formula is C7H2F4INO2. The van der Waals surface area contributed by atoms with E-state index in [9.17, 15) is 27.7 Å². The molecule has 1 aromatic carbocycles. The average molecular weight is 335 g/mol. The van der Waals surface area contributed by atoms with Crippen LogP contribution in [0.5, 0.6) is 0 Å². The van der Waals surface area contributed by atoms with Crippen LogP contribution in [-0.4, -0.2) is 4.92 Å². The number of benzene rings is 1. The Bertz CT molecular complexity index is 418. The highest BCUT2D eigenvalue weighted by molar-refractivity contribution is 14.1. The molecule has 1 aromatic rings. The molecule has 15 heavy (non-hydrogen) atoms. The minimum Gasteiger partial charge on any atom is -0.258 e. The highest BCUT2D eigenvalue weighted by Gasteiger charge is 2.41. The van der Waals surface area contributed by atoms with Crippen molar-refractivity contribution in [1.29, 1.82) is 0 Å². The van der Waals surface area contributed by atoms with Crippen molar-refractivity contribution in [3.63, 3.8) is 0 Å². The second-order valence-electron chi connectivity index (χ2n) is 2.51. The average Bonchev–Trinajstić information content (AvgIpc) is 2.06. The van der Waals surface area contributed by atoms with E-state index in [-0.39, 0.29) is 0 Å². The molecule has 0 aliphatic rings. The van der Waals surface area contributed by atoms with Crippen molar-refractivity contribution >= 4 is 28.3 Å². The zero-order valence-corrected chi connectivity index (χ0v) is 8.97. The van der Waals surface area contributed by atoms with Crippen LogP contribution in [0.25, 0.3) is 0 Å². The minimum absolute atomic E-state index is 0.500. The lowest BCUT2D eigenvalue weighted by molar-refractivity contribution is -0.388. The summed E-state index contributed by atoms with van der Waals surface area (Å²) in [6.07, 6.45) is -4.94. The first-order valence-electron chi connectivity index (χ1n) is 3.44. The molecule has 0 saturated heterocycles. The molecule has 8 heteroatoms. The van der Waals surface area contributed by atoms with E-state index >= 15 is 0 Å². The van der Waals surface area contributed by atoms with E-state index in [0.29, 0.717) is 12.1 Å². The molecule has 0 aliphatic heterocycles. The van der Waals surface area contributed by atoms with Crippen LogP contribution in [0.2, 0.25) is 0 Å². The molecule has 0 radical (unpaired) electrons. The maximum Gasteiger partial charge on any atom is 0.424 e. The third-order valence-electron chi connectivity index (χ3n) is 1.55. The van der Waals surface area contributed by atoms with Gasteiger partial charge in [0.2, 0.25) is 0 Å². The SMILES string of the molecule is O=[N+]([O-])c1ccc(F)c(I)c1C(F)(F)F. The van der Waals surface area contributed by atoms with Gasteiger partial charge in [0.05, 0.1) is 8.49 Å². The van der Waals surface area contributed by atoms with Gasteiger partial charge in [-0.15, -0.1) is 0 Å². The number of nitro benzene ring substituents is 1.